The summed E-state index contributed by atoms with van der Waals surface area (Å²) in [5, 5.41) is 8.83. The summed E-state index contributed by atoms with van der Waals surface area (Å²) in [4.78, 5) is 15.6. The molecule has 1 aromatic carbocycles. The van der Waals surface area contributed by atoms with Gasteiger partial charge in [0.05, 0.1) is 6.54 Å². The lowest BCUT2D eigenvalue weighted by molar-refractivity contribution is -0.130. The van der Waals surface area contributed by atoms with Crippen LogP contribution in [0.1, 0.15) is 24.5 Å². The van der Waals surface area contributed by atoms with Crippen molar-refractivity contribution < 1.29 is 9.90 Å². The van der Waals surface area contributed by atoms with Crippen molar-refractivity contribution in [3.63, 3.8) is 0 Å². The molecule has 1 N–H and O–H groups in total. The number of benzene rings is 1. The van der Waals surface area contributed by atoms with E-state index in [1.54, 1.807) is 19.0 Å². The predicted molar refractivity (Wildman–Crippen MR) is 84.7 cm³/mol. The molecule has 0 fully saturated rings. The number of rotatable bonds is 6. The monoisotopic (exact) mass is 288 g/mol. The van der Waals surface area contributed by atoms with E-state index in [1.165, 1.54) is 0 Å². The second-order valence-electron chi connectivity index (χ2n) is 5.12. The van der Waals surface area contributed by atoms with Crippen LogP contribution >= 0.6 is 0 Å². The zero-order valence-electron chi connectivity index (χ0n) is 13.1. The molecule has 0 atom stereocenters. The molecule has 21 heavy (non-hydrogen) atoms. The third-order valence-corrected chi connectivity index (χ3v) is 3.11. The number of carbonyl (C=O) groups excluding carboxylic acids is 1. The molecule has 4 nitrogen and oxygen atoms in total. The molecule has 114 valence electrons. The quantitative estimate of drug-likeness (QED) is 0.803. The van der Waals surface area contributed by atoms with E-state index in [1.807, 2.05) is 24.3 Å². The Hall–Kier alpha value is -1.83. The van der Waals surface area contributed by atoms with Crippen LogP contribution in [0.25, 0.3) is 0 Å². The molecule has 0 heterocycles. The molecular formula is C17H24N2O2. The van der Waals surface area contributed by atoms with Crippen molar-refractivity contribution in [2.75, 3.05) is 33.8 Å². The van der Waals surface area contributed by atoms with Gasteiger partial charge >= 0.3 is 0 Å². The van der Waals surface area contributed by atoms with Gasteiger partial charge in [0.25, 0.3) is 0 Å². The average Bonchev–Trinajstić information content (AvgIpc) is 2.46. The topological polar surface area (TPSA) is 43.8 Å². The first kappa shape index (κ1) is 17.2. The molecule has 1 rings (SSSR count). The van der Waals surface area contributed by atoms with E-state index < -0.39 is 0 Å². The molecule has 0 aromatic heterocycles. The first-order chi connectivity index (χ1) is 10.1. The maximum atomic E-state index is 11.9. The van der Waals surface area contributed by atoms with Gasteiger partial charge in [0.1, 0.15) is 6.61 Å². The Morgan fingerprint density at radius 3 is 2.62 bits per heavy atom. The Bertz CT molecular complexity index is 515. The van der Waals surface area contributed by atoms with Gasteiger partial charge in [-0.3, -0.25) is 9.69 Å². The van der Waals surface area contributed by atoms with Crippen LogP contribution in [0.4, 0.5) is 0 Å². The maximum absolute atomic E-state index is 11.9. The number of hydrogen-bond donors (Lipinski definition) is 1. The summed E-state index contributed by atoms with van der Waals surface area (Å²) < 4.78 is 0. The van der Waals surface area contributed by atoms with Crippen molar-refractivity contribution in [1.29, 1.82) is 0 Å². The van der Waals surface area contributed by atoms with Crippen LogP contribution in [0, 0.1) is 11.8 Å². The van der Waals surface area contributed by atoms with E-state index in [0.29, 0.717) is 13.1 Å². The highest BCUT2D eigenvalue weighted by molar-refractivity contribution is 5.77. The first-order valence-corrected chi connectivity index (χ1v) is 7.18. The van der Waals surface area contributed by atoms with Gasteiger partial charge in [-0.1, -0.05) is 37.0 Å². The van der Waals surface area contributed by atoms with Crippen LogP contribution in [0.15, 0.2) is 24.3 Å². The summed E-state index contributed by atoms with van der Waals surface area (Å²) >= 11 is 0. The lowest BCUT2D eigenvalue weighted by atomic mass is 10.1. The summed E-state index contributed by atoms with van der Waals surface area (Å²) in [6.45, 7) is 3.91. The van der Waals surface area contributed by atoms with Crippen LogP contribution < -0.4 is 0 Å². The summed E-state index contributed by atoms with van der Waals surface area (Å²) in [6, 6.07) is 7.86. The van der Waals surface area contributed by atoms with E-state index in [-0.39, 0.29) is 12.5 Å². The second kappa shape index (κ2) is 9.17. The summed E-state index contributed by atoms with van der Waals surface area (Å²) in [5.74, 6) is 5.74. The molecule has 0 saturated heterocycles. The highest BCUT2D eigenvalue weighted by atomic mass is 16.2. The van der Waals surface area contributed by atoms with Crippen LogP contribution in [-0.4, -0.2) is 54.6 Å². The molecular weight excluding hydrogens is 264 g/mol. The minimum absolute atomic E-state index is 0.0994. The van der Waals surface area contributed by atoms with Gasteiger partial charge < -0.3 is 10.0 Å². The number of hydrogen-bond acceptors (Lipinski definition) is 3. The second-order valence-corrected chi connectivity index (χ2v) is 5.12. The van der Waals surface area contributed by atoms with Gasteiger partial charge in [-0.05, 0) is 24.6 Å². The van der Waals surface area contributed by atoms with Crippen molar-refractivity contribution in [3.05, 3.63) is 35.4 Å². The molecule has 0 aliphatic heterocycles. The van der Waals surface area contributed by atoms with E-state index in [4.69, 9.17) is 5.11 Å². The average molecular weight is 288 g/mol. The van der Waals surface area contributed by atoms with Gasteiger partial charge in [-0.25, -0.2) is 0 Å². The number of amides is 1. The Morgan fingerprint density at radius 1 is 1.29 bits per heavy atom. The lowest BCUT2D eigenvalue weighted by Gasteiger charge is -2.23. The molecule has 1 aromatic rings. The van der Waals surface area contributed by atoms with Gasteiger partial charge in [-0.2, -0.15) is 0 Å². The van der Waals surface area contributed by atoms with Gasteiger partial charge in [0, 0.05) is 26.2 Å². The van der Waals surface area contributed by atoms with Crippen molar-refractivity contribution in [3.8, 4) is 11.8 Å². The highest BCUT2D eigenvalue weighted by Gasteiger charge is 2.13. The molecule has 0 aliphatic carbocycles. The number of aliphatic hydroxyl groups excluding tert-OH is 1. The summed E-state index contributed by atoms with van der Waals surface area (Å²) in [7, 11) is 3.54. The summed E-state index contributed by atoms with van der Waals surface area (Å²) in [6.07, 6.45) is 0.991. The third kappa shape index (κ3) is 5.99. The molecule has 0 spiro atoms. The minimum atomic E-state index is -0.147. The van der Waals surface area contributed by atoms with Crippen molar-refractivity contribution >= 4 is 5.91 Å². The van der Waals surface area contributed by atoms with Crippen LogP contribution in [-0.2, 0) is 11.3 Å². The van der Waals surface area contributed by atoms with E-state index in [0.717, 1.165) is 24.1 Å². The van der Waals surface area contributed by atoms with Crippen molar-refractivity contribution in [2.24, 2.45) is 0 Å². The van der Waals surface area contributed by atoms with Crippen LogP contribution in [0.5, 0.6) is 0 Å². The fourth-order valence-electron chi connectivity index (χ4n) is 2.02. The Labute approximate surface area is 127 Å². The summed E-state index contributed by atoms with van der Waals surface area (Å²) in [5.41, 5.74) is 1.99. The number of likely N-dealkylation sites (N-methyl/N-ethyl adjacent to an activating group) is 1. The Balaban J connectivity index is 2.86. The minimum Gasteiger partial charge on any atom is -0.384 e. The smallest absolute Gasteiger partial charge is 0.236 e. The fraction of sp³-hybridized carbons (Fsp3) is 0.471. The molecule has 0 unspecified atom stereocenters. The molecule has 4 heteroatoms. The Morgan fingerprint density at radius 2 is 2.00 bits per heavy atom. The number of aliphatic hydroxyl groups is 1. The maximum Gasteiger partial charge on any atom is 0.236 e. The molecule has 0 saturated carbocycles. The SMILES string of the molecule is CCCN(CC(=O)N(C)C)Cc1ccccc1C#CCO. The number of carbonyl (C=O) groups is 1. The van der Waals surface area contributed by atoms with E-state index in [2.05, 4.69) is 23.7 Å². The Kier molecular flexibility index (Phi) is 7.52. The van der Waals surface area contributed by atoms with Crippen molar-refractivity contribution in [2.45, 2.75) is 19.9 Å². The van der Waals surface area contributed by atoms with Crippen LogP contribution in [0.2, 0.25) is 0 Å². The zero-order valence-corrected chi connectivity index (χ0v) is 13.1. The van der Waals surface area contributed by atoms with Gasteiger partial charge in [0.2, 0.25) is 5.91 Å². The fourth-order valence-corrected chi connectivity index (χ4v) is 2.02. The van der Waals surface area contributed by atoms with Crippen LogP contribution in [0.3, 0.4) is 0 Å². The first-order valence-electron chi connectivity index (χ1n) is 7.18. The molecule has 0 radical (unpaired) electrons. The lowest BCUT2D eigenvalue weighted by Crippen LogP contribution is -2.36. The van der Waals surface area contributed by atoms with Gasteiger partial charge in [0.15, 0.2) is 0 Å². The van der Waals surface area contributed by atoms with Crippen molar-refractivity contribution in [1.82, 2.24) is 9.80 Å². The highest BCUT2D eigenvalue weighted by Crippen LogP contribution is 2.11. The third-order valence-electron chi connectivity index (χ3n) is 3.11. The van der Waals surface area contributed by atoms with E-state index in [9.17, 15) is 4.79 Å². The molecule has 0 bridgehead atoms. The largest absolute Gasteiger partial charge is 0.384 e. The zero-order chi connectivity index (χ0) is 15.7. The van der Waals surface area contributed by atoms with Gasteiger partial charge in [-0.15, -0.1) is 0 Å². The number of nitrogens with zero attached hydrogens (tertiary/aromatic N) is 2. The standard InChI is InChI=1S/C17H24N2O2/c1-4-11-19(14-17(21)18(2)3)13-16-9-6-5-8-15(16)10-7-12-20/h5-6,8-9,20H,4,11-14H2,1-3H3. The molecule has 1 amide bonds. The normalized spacial score (nSPS) is 10.1. The molecule has 0 aliphatic rings. The van der Waals surface area contributed by atoms with E-state index >= 15 is 0 Å². The predicted octanol–water partition coefficient (Wildman–Crippen LogP) is 1.33.